The van der Waals surface area contributed by atoms with Crippen LogP contribution < -0.4 is 4.90 Å². The predicted molar refractivity (Wildman–Crippen MR) is 86.2 cm³/mol. The zero-order valence-electron chi connectivity index (χ0n) is 12.2. The lowest BCUT2D eigenvalue weighted by molar-refractivity contribution is 0.0766. The van der Waals surface area contributed by atoms with Crippen LogP contribution in [-0.2, 0) is 0 Å². The van der Waals surface area contributed by atoms with Crippen LogP contribution in [0.3, 0.4) is 0 Å². The van der Waals surface area contributed by atoms with Gasteiger partial charge in [0.2, 0.25) is 0 Å². The number of rotatable bonds is 2. The van der Waals surface area contributed by atoms with Crippen molar-refractivity contribution in [3.05, 3.63) is 53.4 Å². The molecule has 1 aliphatic rings. The van der Waals surface area contributed by atoms with E-state index in [1.165, 1.54) is 0 Å². The average molecular weight is 317 g/mol. The van der Waals surface area contributed by atoms with E-state index in [1.807, 2.05) is 17.0 Å². The molecule has 1 amide bonds. The molecule has 0 bridgehead atoms. The van der Waals surface area contributed by atoms with Gasteiger partial charge in [0.25, 0.3) is 5.91 Å². The van der Waals surface area contributed by atoms with E-state index >= 15 is 0 Å². The van der Waals surface area contributed by atoms with Crippen LogP contribution in [0.1, 0.15) is 16.8 Å². The van der Waals surface area contributed by atoms with E-state index in [0.29, 0.717) is 17.1 Å². The lowest BCUT2D eigenvalue weighted by atomic mass is 10.2. The first kappa shape index (κ1) is 14.8. The van der Waals surface area contributed by atoms with Gasteiger partial charge in [-0.05, 0) is 30.7 Å². The van der Waals surface area contributed by atoms with E-state index in [0.717, 1.165) is 31.9 Å². The van der Waals surface area contributed by atoms with Gasteiger partial charge in [0.1, 0.15) is 5.82 Å². The monoisotopic (exact) mass is 316 g/mol. The standard InChI is InChI=1S/C16H17ClN4O/c17-14-4-5-15(19-12-14)20-7-2-8-21(10-9-20)16(22)13-3-1-6-18-11-13/h1,3-6,11-12H,2,7-10H2. The molecule has 0 N–H and O–H groups in total. The third kappa shape index (κ3) is 3.36. The minimum atomic E-state index is 0.0408. The molecule has 22 heavy (non-hydrogen) atoms. The summed E-state index contributed by atoms with van der Waals surface area (Å²) in [5.74, 6) is 0.944. The molecule has 5 nitrogen and oxygen atoms in total. The van der Waals surface area contributed by atoms with E-state index < -0.39 is 0 Å². The van der Waals surface area contributed by atoms with Crippen LogP contribution in [0.2, 0.25) is 5.02 Å². The SMILES string of the molecule is O=C(c1cccnc1)N1CCCN(c2ccc(Cl)cn2)CC1. The normalized spacial score (nSPS) is 15.5. The quantitative estimate of drug-likeness (QED) is 0.854. The first-order valence-electron chi connectivity index (χ1n) is 7.30. The Morgan fingerprint density at radius 2 is 2.00 bits per heavy atom. The van der Waals surface area contributed by atoms with Gasteiger partial charge in [0.15, 0.2) is 0 Å². The van der Waals surface area contributed by atoms with Gasteiger partial charge in [0.05, 0.1) is 10.6 Å². The Bertz CT molecular complexity index is 632. The van der Waals surface area contributed by atoms with E-state index in [-0.39, 0.29) is 5.91 Å². The van der Waals surface area contributed by atoms with Gasteiger partial charge in [-0.15, -0.1) is 0 Å². The predicted octanol–water partition coefficient (Wildman–Crippen LogP) is 2.48. The van der Waals surface area contributed by atoms with Crippen molar-refractivity contribution in [2.24, 2.45) is 0 Å². The Morgan fingerprint density at radius 3 is 2.73 bits per heavy atom. The average Bonchev–Trinajstić information content (AvgIpc) is 2.82. The summed E-state index contributed by atoms with van der Waals surface area (Å²) in [5, 5.41) is 0.631. The summed E-state index contributed by atoms with van der Waals surface area (Å²) in [6.07, 6.45) is 5.86. The van der Waals surface area contributed by atoms with Gasteiger partial charge < -0.3 is 9.80 Å². The topological polar surface area (TPSA) is 49.3 Å². The highest BCUT2D eigenvalue weighted by atomic mass is 35.5. The maximum atomic E-state index is 12.5. The van der Waals surface area contributed by atoms with E-state index in [1.54, 1.807) is 30.7 Å². The van der Waals surface area contributed by atoms with Crippen LogP contribution in [0.5, 0.6) is 0 Å². The number of nitrogens with zero attached hydrogens (tertiary/aromatic N) is 4. The van der Waals surface area contributed by atoms with Crippen molar-refractivity contribution in [2.75, 3.05) is 31.1 Å². The Kier molecular flexibility index (Phi) is 4.53. The first-order valence-corrected chi connectivity index (χ1v) is 7.67. The van der Waals surface area contributed by atoms with Crippen molar-refractivity contribution in [3.8, 4) is 0 Å². The van der Waals surface area contributed by atoms with Crippen molar-refractivity contribution in [1.29, 1.82) is 0 Å². The number of amides is 1. The summed E-state index contributed by atoms with van der Waals surface area (Å²) in [6.45, 7) is 3.07. The first-order chi connectivity index (χ1) is 10.7. The molecule has 0 unspecified atom stereocenters. The summed E-state index contributed by atoms with van der Waals surface area (Å²) in [6, 6.07) is 7.35. The molecule has 1 fully saturated rings. The van der Waals surface area contributed by atoms with Crippen LogP contribution in [0, 0.1) is 0 Å². The Labute approximate surface area is 134 Å². The number of hydrogen-bond acceptors (Lipinski definition) is 4. The van der Waals surface area contributed by atoms with Crippen LogP contribution in [0.4, 0.5) is 5.82 Å². The number of halogens is 1. The van der Waals surface area contributed by atoms with Crippen LogP contribution in [0.15, 0.2) is 42.9 Å². The molecule has 1 aliphatic heterocycles. The summed E-state index contributed by atoms with van der Waals surface area (Å²) >= 11 is 5.88. The van der Waals surface area contributed by atoms with Crippen LogP contribution in [-0.4, -0.2) is 47.0 Å². The Balaban J connectivity index is 1.67. The molecule has 0 aromatic carbocycles. The van der Waals surface area contributed by atoms with Crippen LogP contribution >= 0.6 is 11.6 Å². The van der Waals surface area contributed by atoms with E-state index in [9.17, 15) is 4.79 Å². The summed E-state index contributed by atoms with van der Waals surface area (Å²) < 4.78 is 0. The number of pyridine rings is 2. The zero-order valence-corrected chi connectivity index (χ0v) is 12.9. The molecular formula is C16H17ClN4O. The molecule has 0 saturated carbocycles. The molecular weight excluding hydrogens is 300 g/mol. The maximum Gasteiger partial charge on any atom is 0.255 e. The Morgan fingerprint density at radius 1 is 1.09 bits per heavy atom. The molecule has 0 atom stereocenters. The highest BCUT2D eigenvalue weighted by Crippen LogP contribution is 2.17. The highest BCUT2D eigenvalue weighted by Gasteiger charge is 2.20. The van der Waals surface area contributed by atoms with Crippen molar-refractivity contribution in [1.82, 2.24) is 14.9 Å². The summed E-state index contributed by atoms with van der Waals surface area (Å²) in [4.78, 5) is 24.9. The largest absolute Gasteiger partial charge is 0.355 e. The molecule has 114 valence electrons. The minimum absolute atomic E-state index is 0.0408. The van der Waals surface area contributed by atoms with Crippen molar-refractivity contribution < 1.29 is 4.79 Å². The Hall–Kier alpha value is -2.14. The fourth-order valence-electron chi connectivity index (χ4n) is 2.58. The van der Waals surface area contributed by atoms with E-state index in [4.69, 9.17) is 11.6 Å². The third-order valence-electron chi connectivity index (χ3n) is 3.73. The number of anilines is 1. The lowest BCUT2D eigenvalue weighted by Crippen LogP contribution is -2.35. The summed E-state index contributed by atoms with van der Waals surface area (Å²) in [7, 11) is 0. The van der Waals surface area contributed by atoms with Crippen LogP contribution in [0.25, 0.3) is 0 Å². The zero-order chi connectivity index (χ0) is 15.4. The van der Waals surface area contributed by atoms with E-state index in [2.05, 4.69) is 14.9 Å². The molecule has 1 saturated heterocycles. The van der Waals surface area contributed by atoms with Gasteiger partial charge in [-0.2, -0.15) is 0 Å². The number of aromatic nitrogens is 2. The second kappa shape index (κ2) is 6.75. The van der Waals surface area contributed by atoms with Gasteiger partial charge in [-0.1, -0.05) is 11.6 Å². The van der Waals surface area contributed by atoms with Crippen molar-refractivity contribution in [3.63, 3.8) is 0 Å². The van der Waals surface area contributed by atoms with Gasteiger partial charge in [-0.3, -0.25) is 9.78 Å². The highest BCUT2D eigenvalue weighted by molar-refractivity contribution is 6.30. The van der Waals surface area contributed by atoms with Gasteiger partial charge in [-0.25, -0.2) is 4.98 Å². The van der Waals surface area contributed by atoms with Gasteiger partial charge >= 0.3 is 0 Å². The number of carbonyl (C=O) groups excluding carboxylic acids is 1. The summed E-state index contributed by atoms with van der Waals surface area (Å²) in [5.41, 5.74) is 0.639. The molecule has 0 aliphatic carbocycles. The van der Waals surface area contributed by atoms with Gasteiger partial charge in [0, 0.05) is 44.8 Å². The van der Waals surface area contributed by atoms with Crippen molar-refractivity contribution >= 4 is 23.3 Å². The fourth-order valence-corrected chi connectivity index (χ4v) is 2.69. The smallest absolute Gasteiger partial charge is 0.255 e. The third-order valence-corrected chi connectivity index (χ3v) is 3.95. The lowest BCUT2D eigenvalue weighted by Gasteiger charge is -2.22. The molecule has 0 spiro atoms. The molecule has 2 aromatic heterocycles. The fraction of sp³-hybridized carbons (Fsp3) is 0.312. The second-order valence-corrected chi connectivity index (χ2v) is 5.65. The maximum absolute atomic E-state index is 12.5. The molecule has 3 rings (SSSR count). The second-order valence-electron chi connectivity index (χ2n) is 5.21. The number of carbonyl (C=O) groups is 1. The number of hydrogen-bond donors (Lipinski definition) is 0. The molecule has 2 aromatic rings. The molecule has 6 heteroatoms. The molecule has 3 heterocycles. The molecule has 0 radical (unpaired) electrons. The minimum Gasteiger partial charge on any atom is -0.355 e. The van der Waals surface area contributed by atoms with Crippen molar-refractivity contribution in [2.45, 2.75) is 6.42 Å².